The van der Waals surface area contributed by atoms with Crippen molar-refractivity contribution in [3.8, 4) is 0 Å². The van der Waals surface area contributed by atoms with Crippen LogP contribution in [0.25, 0.3) is 0 Å². The third-order valence-corrected chi connectivity index (χ3v) is 12.0. The molecule has 0 N–H and O–H groups in total. The van der Waals surface area contributed by atoms with Crippen LogP contribution in [0.1, 0.15) is 27.6 Å². The van der Waals surface area contributed by atoms with Gasteiger partial charge in [0.2, 0.25) is 0 Å². The van der Waals surface area contributed by atoms with Crippen LogP contribution in [0.4, 0.5) is 0 Å². The van der Waals surface area contributed by atoms with E-state index in [0.29, 0.717) is 15.1 Å². The van der Waals surface area contributed by atoms with Crippen LogP contribution in [0.3, 0.4) is 0 Å². The molecule has 39 heavy (non-hydrogen) atoms. The topological polar surface area (TPSA) is 74.8 Å². The largest absolute Gasteiger partial charge is 0.292 e. The fourth-order valence-electron chi connectivity index (χ4n) is 5.32. The summed E-state index contributed by atoms with van der Waals surface area (Å²) < 4.78 is -2.15. The molecule has 1 aliphatic heterocycles. The summed E-state index contributed by atoms with van der Waals surface area (Å²) in [5, 5.41) is 1.48. The Bertz CT molecular complexity index is 1430. The van der Waals surface area contributed by atoms with Crippen molar-refractivity contribution in [3.05, 3.63) is 79.8 Å². The summed E-state index contributed by atoms with van der Waals surface area (Å²) in [4.78, 5) is 51.2. The van der Waals surface area contributed by atoms with Crippen molar-refractivity contribution < 1.29 is 19.2 Å². The van der Waals surface area contributed by atoms with Gasteiger partial charge < -0.3 is 0 Å². The van der Waals surface area contributed by atoms with Gasteiger partial charge in [-0.05, 0) is 55.5 Å². The molecular formula is C25H14Cl8N2O4. The molecule has 2 aliphatic carbocycles. The molecule has 5 rings (SSSR count). The van der Waals surface area contributed by atoms with E-state index in [1.54, 1.807) is 0 Å². The second-order valence-corrected chi connectivity index (χ2v) is 13.4. The van der Waals surface area contributed by atoms with E-state index < -0.39 is 55.5 Å². The summed E-state index contributed by atoms with van der Waals surface area (Å²) in [7, 11) is 0. The molecule has 14 heteroatoms. The van der Waals surface area contributed by atoms with E-state index in [4.69, 9.17) is 92.8 Å². The molecule has 2 fully saturated rings. The number of Topliss-reactive ketones (excluding diaryl/α,β-unsaturated/α-hetero) is 1. The third-order valence-electron chi connectivity index (χ3n) is 7.28. The number of rotatable bonds is 5. The highest BCUT2D eigenvalue weighted by Crippen LogP contribution is 2.77. The molecule has 3 amide bonds. The zero-order valence-corrected chi connectivity index (χ0v) is 25.4. The summed E-state index contributed by atoms with van der Waals surface area (Å²) >= 11 is 51.4. The van der Waals surface area contributed by atoms with Crippen LogP contribution >= 0.6 is 92.8 Å². The maximum absolute atomic E-state index is 14.0. The number of hydrogen-bond acceptors (Lipinski definition) is 4. The first-order valence-electron chi connectivity index (χ1n) is 11.2. The molecule has 5 atom stereocenters. The van der Waals surface area contributed by atoms with Gasteiger partial charge in [-0.1, -0.05) is 69.6 Å². The summed E-state index contributed by atoms with van der Waals surface area (Å²) in [6.45, 7) is 1.37. The number of ketones is 1. The number of halogens is 8. The maximum Gasteiger partial charge on any atom is 0.273 e. The van der Waals surface area contributed by atoms with Crippen molar-refractivity contribution >= 4 is 116 Å². The Balaban J connectivity index is 1.63. The van der Waals surface area contributed by atoms with E-state index in [1.165, 1.54) is 55.5 Å². The van der Waals surface area contributed by atoms with Gasteiger partial charge >= 0.3 is 0 Å². The minimum Gasteiger partial charge on any atom is -0.292 e. The summed E-state index contributed by atoms with van der Waals surface area (Å²) in [6.07, 6.45) is 0. The first-order chi connectivity index (χ1) is 18.1. The Labute approximate surface area is 262 Å². The van der Waals surface area contributed by atoms with E-state index in [0.717, 1.165) is 5.01 Å². The van der Waals surface area contributed by atoms with Crippen LogP contribution in [-0.4, -0.2) is 53.6 Å². The quantitative estimate of drug-likeness (QED) is 0.191. The molecule has 204 valence electrons. The SMILES string of the molecule is C[C@H](C(=O)c1ccc(Cl)cc1)N(C(=O)c1ccc(Cl)cc1)N1C(=O)[C@@H]2[C@H](C1=O)[C@@]1(Cl)C(Cl)=C(Cl)[C@@]2(Cl)C1(Cl)Cl. The Kier molecular flexibility index (Phi) is 7.26. The van der Waals surface area contributed by atoms with E-state index in [1.807, 2.05) is 0 Å². The van der Waals surface area contributed by atoms with Crippen molar-refractivity contribution in [1.82, 2.24) is 10.0 Å². The Morgan fingerprint density at radius 2 is 1.13 bits per heavy atom. The van der Waals surface area contributed by atoms with E-state index in [9.17, 15) is 19.2 Å². The fourth-order valence-corrected chi connectivity index (χ4v) is 8.50. The molecule has 0 spiro atoms. The highest BCUT2D eigenvalue weighted by Gasteiger charge is 2.88. The first kappa shape index (κ1) is 29.3. The van der Waals surface area contributed by atoms with Gasteiger partial charge in [-0.2, -0.15) is 5.01 Å². The summed E-state index contributed by atoms with van der Waals surface area (Å²) in [5.74, 6) is -6.38. The van der Waals surface area contributed by atoms with Crippen LogP contribution in [0.5, 0.6) is 0 Å². The smallest absolute Gasteiger partial charge is 0.273 e. The standard InChI is InChI=1S/C25H14Cl8N2O4/c1-10(17(36)11-2-6-13(26)7-3-11)34(20(37)12-4-8-14(27)9-5-12)35-21(38)15-16(22(35)39)24(31)19(29)18(28)23(15,30)25(24,32)33/h2-10,15-16H,1H3/t10-,15-,16+,23-,24-/m1/s1. The van der Waals surface area contributed by atoms with Crippen LogP contribution in [-0.2, 0) is 9.59 Å². The van der Waals surface area contributed by atoms with Crippen LogP contribution in [0.2, 0.25) is 10.0 Å². The monoisotopic (exact) mass is 686 g/mol. The number of hydrogen-bond donors (Lipinski definition) is 0. The number of fused-ring (bicyclic) bond motifs is 5. The van der Waals surface area contributed by atoms with Gasteiger partial charge in [0.1, 0.15) is 15.8 Å². The lowest BCUT2D eigenvalue weighted by Crippen LogP contribution is -2.59. The van der Waals surface area contributed by atoms with Crippen molar-refractivity contribution in [3.63, 3.8) is 0 Å². The van der Waals surface area contributed by atoms with Gasteiger partial charge in [-0.3, -0.25) is 19.2 Å². The minimum atomic E-state index is -2.15. The minimum absolute atomic E-state index is 0.0372. The summed E-state index contributed by atoms with van der Waals surface area (Å²) in [6, 6.07) is 10.2. The Hall–Kier alpha value is -1.22. The number of benzene rings is 2. The number of amides is 3. The van der Waals surface area contributed by atoms with Crippen molar-refractivity contribution in [1.29, 1.82) is 0 Å². The van der Waals surface area contributed by atoms with E-state index >= 15 is 0 Å². The predicted molar refractivity (Wildman–Crippen MR) is 152 cm³/mol. The predicted octanol–water partition coefficient (Wildman–Crippen LogP) is 7.07. The normalized spacial score (nSPS) is 29.6. The summed E-state index contributed by atoms with van der Waals surface area (Å²) in [5.41, 5.74) is 0.214. The zero-order chi connectivity index (χ0) is 28.8. The average Bonchev–Trinajstić information content (AvgIpc) is 3.28. The number of hydrazine groups is 1. The maximum atomic E-state index is 14.0. The second kappa shape index (κ2) is 9.67. The molecule has 1 saturated carbocycles. The van der Waals surface area contributed by atoms with Gasteiger partial charge in [-0.25, -0.2) is 5.01 Å². The van der Waals surface area contributed by atoms with E-state index in [2.05, 4.69) is 0 Å². The molecule has 0 aromatic heterocycles. The lowest BCUT2D eigenvalue weighted by molar-refractivity contribution is -0.157. The third kappa shape index (κ3) is 3.76. The number of carbonyl (C=O) groups is 4. The van der Waals surface area contributed by atoms with Gasteiger partial charge in [0.05, 0.1) is 21.9 Å². The Morgan fingerprint density at radius 1 is 0.744 bits per heavy atom. The average molecular weight is 690 g/mol. The van der Waals surface area contributed by atoms with Gasteiger partial charge in [0.25, 0.3) is 17.7 Å². The highest BCUT2D eigenvalue weighted by molar-refractivity contribution is 6.66. The molecule has 1 saturated heterocycles. The number of allylic oxidation sites excluding steroid dienone is 2. The van der Waals surface area contributed by atoms with Crippen molar-refractivity contribution in [2.45, 2.75) is 27.0 Å². The lowest BCUT2D eigenvalue weighted by Gasteiger charge is -2.38. The molecule has 2 bridgehead atoms. The van der Waals surface area contributed by atoms with Gasteiger partial charge in [0.15, 0.2) is 10.1 Å². The first-order valence-corrected chi connectivity index (χ1v) is 14.2. The molecule has 0 unspecified atom stereocenters. The van der Waals surface area contributed by atoms with Crippen molar-refractivity contribution in [2.24, 2.45) is 11.8 Å². The van der Waals surface area contributed by atoms with Gasteiger partial charge in [0, 0.05) is 21.2 Å². The highest BCUT2D eigenvalue weighted by atomic mass is 35.5. The van der Waals surface area contributed by atoms with Gasteiger partial charge in [-0.15, -0.1) is 23.2 Å². The zero-order valence-electron chi connectivity index (χ0n) is 19.4. The molecule has 1 heterocycles. The van der Waals surface area contributed by atoms with Crippen LogP contribution in [0.15, 0.2) is 58.6 Å². The molecular weight excluding hydrogens is 676 g/mol. The van der Waals surface area contributed by atoms with Crippen molar-refractivity contribution in [2.75, 3.05) is 0 Å². The number of alkyl halides is 4. The lowest BCUT2D eigenvalue weighted by atomic mass is 9.84. The van der Waals surface area contributed by atoms with Crippen LogP contribution < -0.4 is 0 Å². The Morgan fingerprint density at radius 3 is 1.54 bits per heavy atom. The van der Waals surface area contributed by atoms with Crippen LogP contribution in [0, 0.1) is 11.8 Å². The number of imide groups is 1. The molecule has 0 radical (unpaired) electrons. The number of carbonyl (C=O) groups excluding carboxylic acids is 4. The molecule has 2 aromatic rings. The number of nitrogens with zero attached hydrogens (tertiary/aromatic N) is 2. The molecule has 6 nitrogen and oxygen atoms in total. The molecule has 2 aromatic carbocycles. The molecule has 3 aliphatic rings. The second-order valence-electron chi connectivity index (χ2n) is 9.27. The van der Waals surface area contributed by atoms with E-state index in [-0.39, 0.29) is 21.2 Å². The fraction of sp³-hybridized carbons (Fsp3) is 0.280.